The minimum absolute atomic E-state index is 0.0498. The molecule has 5 heteroatoms. The van der Waals surface area contributed by atoms with Crippen molar-refractivity contribution < 1.29 is 19.0 Å². The third-order valence-electron chi connectivity index (χ3n) is 5.71. The highest BCUT2D eigenvalue weighted by atomic mass is 16.5. The van der Waals surface area contributed by atoms with Gasteiger partial charge in [-0.25, -0.2) is 0 Å². The van der Waals surface area contributed by atoms with Crippen molar-refractivity contribution in [2.75, 3.05) is 25.2 Å². The highest BCUT2D eigenvalue weighted by Gasteiger charge is 2.36. The molecule has 3 aromatic rings. The number of methoxy groups -OCH3 is 1. The van der Waals surface area contributed by atoms with Crippen LogP contribution >= 0.6 is 0 Å². The molecule has 5 nitrogen and oxygen atoms in total. The molecule has 0 bridgehead atoms. The number of hydrogen-bond donors (Lipinski definition) is 0. The fraction of sp³-hybridized carbons (Fsp3) is 0.296. The van der Waals surface area contributed by atoms with E-state index in [-0.39, 0.29) is 11.9 Å². The number of anilines is 1. The molecule has 166 valence electrons. The normalized spacial score (nSPS) is 15.3. The summed E-state index contributed by atoms with van der Waals surface area (Å²) in [6.07, 6.45) is 0.308. The van der Waals surface area contributed by atoms with Crippen molar-refractivity contribution in [3.63, 3.8) is 0 Å². The Hall–Kier alpha value is -3.47. The van der Waals surface area contributed by atoms with E-state index in [1.54, 1.807) is 7.11 Å². The van der Waals surface area contributed by atoms with E-state index in [0.29, 0.717) is 31.1 Å². The molecule has 0 N–H and O–H groups in total. The van der Waals surface area contributed by atoms with Crippen LogP contribution in [0.4, 0.5) is 5.69 Å². The molecule has 1 amide bonds. The number of aryl methyl sites for hydroxylation is 1. The second-order valence-electron chi connectivity index (χ2n) is 7.82. The summed E-state index contributed by atoms with van der Waals surface area (Å²) in [5.41, 5.74) is 5.04. The Labute approximate surface area is 189 Å². The zero-order chi connectivity index (χ0) is 22.7. The first kappa shape index (κ1) is 21.8. The third kappa shape index (κ3) is 4.15. The Balaban J connectivity index is 1.90. The van der Waals surface area contributed by atoms with Gasteiger partial charge in [-0.2, -0.15) is 0 Å². The lowest BCUT2D eigenvalue weighted by Crippen LogP contribution is -2.41. The van der Waals surface area contributed by atoms with Crippen LogP contribution in [0.15, 0.2) is 60.7 Å². The van der Waals surface area contributed by atoms with Gasteiger partial charge in [-0.1, -0.05) is 29.8 Å². The van der Waals surface area contributed by atoms with Crippen molar-refractivity contribution in [1.82, 2.24) is 0 Å². The highest BCUT2D eigenvalue weighted by Crippen LogP contribution is 2.43. The highest BCUT2D eigenvalue weighted by molar-refractivity contribution is 5.98. The van der Waals surface area contributed by atoms with Gasteiger partial charge in [-0.3, -0.25) is 4.79 Å². The zero-order valence-electron chi connectivity index (χ0n) is 19.1. The lowest BCUT2D eigenvalue weighted by atomic mass is 9.86. The van der Waals surface area contributed by atoms with Crippen LogP contribution in [0.2, 0.25) is 0 Å². The molecule has 1 unspecified atom stereocenters. The first-order valence-corrected chi connectivity index (χ1v) is 11.0. The summed E-state index contributed by atoms with van der Waals surface area (Å²) in [6.45, 7) is 7.01. The van der Waals surface area contributed by atoms with Gasteiger partial charge in [0.05, 0.1) is 32.8 Å². The lowest BCUT2D eigenvalue weighted by Gasteiger charge is -2.38. The van der Waals surface area contributed by atoms with Crippen LogP contribution < -0.4 is 19.1 Å². The quantitative estimate of drug-likeness (QED) is 0.497. The summed E-state index contributed by atoms with van der Waals surface area (Å²) >= 11 is 0. The Morgan fingerprint density at radius 1 is 0.906 bits per heavy atom. The number of ether oxygens (including phenoxy) is 3. The molecule has 32 heavy (non-hydrogen) atoms. The van der Waals surface area contributed by atoms with Crippen molar-refractivity contribution in [2.24, 2.45) is 0 Å². The molecule has 1 aliphatic rings. The number of rotatable bonds is 7. The predicted molar refractivity (Wildman–Crippen MR) is 126 cm³/mol. The van der Waals surface area contributed by atoms with Crippen LogP contribution in [-0.4, -0.2) is 26.2 Å². The largest absolute Gasteiger partial charge is 0.497 e. The summed E-state index contributed by atoms with van der Waals surface area (Å²) in [4.78, 5) is 15.3. The van der Waals surface area contributed by atoms with Gasteiger partial charge in [0, 0.05) is 5.69 Å². The molecule has 4 rings (SSSR count). The zero-order valence-corrected chi connectivity index (χ0v) is 19.1. The average Bonchev–Trinajstić information content (AvgIpc) is 2.80. The van der Waals surface area contributed by atoms with Gasteiger partial charge in [-0.15, -0.1) is 0 Å². The van der Waals surface area contributed by atoms with Gasteiger partial charge in [0.2, 0.25) is 5.91 Å². The molecule has 0 fully saturated rings. The van der Waals surface area contributed by atoms with Crippen molar-refractivity contribution in [3.05, 3.63) is 82.9 Å². The van der Waals surface area contributed by atoms with Crippen LogP contribution in [0.3, 0.4) is 0 Å². The van der Waals surface area contributed by atoms with Gasteiger partial charge in [0.1, 0.15) is 5.75 Å². The molecule has 0 aromatic heterocycles. The van der Waals surface area contributed by atoms with Crippen LogP contribution in [-0.2, 0) is 11.2 Å². The number of amides is 1. The molecule has 0 saturated carbocycles. The molecule has 0 radical (unpaired) electrons. The van der Waals surface area contributed by atoms with E-state index < -0.39 is 0 Å². The van der Waals surface area contributed by atoms with Gasteiger partial charge in [0.15, 0.2) is 11.5 Å². The monoisotopic (exact) mass is 431 g/mol. The second kappa shape index (κ2) is 9.35. The smallest absolute Gasteiger partial charge is 0.232 e. The number of benzene rings is 3. The van der Waals surface area contributed by atoms with Gasteiger partial charge in [0.25, 0.3) is 0 Å². The third-order valence-corrected chi connectivity index (χ3v) is 5.71. The van der Waals surface area contributed by atoms with E-state index in [4.69, 9.17) is 14.2 Å². The summed E-state index contributed by atoms with van der Waals surface area (Å²) < 4.78 is 17.1. The van der Waals surface area contributed by atoms with E-state index in [0.717, 1.165) is 33.7 Å². The molecule has 0 aliphatic carbocycles. The van der Waals surface area contributed by atoms with Crippen molar-refractivity contribution in [1.29, 1.82) is 0 Å². The first-order valence-electron chi connectivity index (χ1n) is 11.0. The molecule has 1 aliphatic heterocycles. The van der Waals surface area contributed by atoms with Gasteiger partial charge >= 0.3 is 0 Å². The number of carbonyl (C=O) groups excluding carboxylic acids is 1. The second-order valence-corrected chi connectivity index (χ2v) is 7.82. The number of hydrogen-bond acceptors (Lipinski definition) is 4. The van der Waals surface area contributed by atoms with Gasteiger partial charge < -0.3 is 19.1 Å². The minimum Gasteiger partial charge on any atom is -0.497 e. The Morgan fingerprint density at radius 2 is 1.53 bits per heavy atom. The predicted octanol–water partition coefficient (Wildman–Crippen LogP) is 5.48. The molecule has 0 spiro atoms. The Morgan fingerprint density at radius 3 is 2.12 bits per heavy atom. The number of carbonyl (C=O) groups is 1. The van der Waals surface area contributed by atoms with E-state index in [1.807, 2.05) is 86.3 Å². The van der Waals surface area contributed by atoms with E-state index >= 15 is 0 Å². The van der Waals surface area contributed by atoms with Crippen LogP contribution in [0.5, 0.6) is 17.2 Å². The summed E-state index contributed by atoms with van der Waals surface area (Å²) in [7, 11) is 1.65. The maximum Gasteiger partial charge on any atom is 0.232 e. The van der Waals surface area contributed by atoms with Crippen LogP contribution in [0.25, 0.3) is 0 Å². The molecular formula is C27H29NO4. The van der Waals surface area contributed by atoms with Crippen molar-refractivity contribution >= 4 is 11.6 Å². The average molecular weight is 432 g/mol. The van der Waals surface area contributed by atoms with Crippen molar-refractivity contribution in [2.45, 2.75) is 33.2 Å². The van der Waals surface area contributed by atoms with Crippen LogP contribution in [0.1, 0.15) is 42.1 Å². The maximum atomic E-state index is 13.5. The SMILES string of the molecule is CCOc1cc2c(cc1OCC)C(c1ccc(OC)cc1)N(c1ccc(C)cc1)C(=O)C2. The topological polar surface area (TPSA) is 48.0 Å². The van der Waals surface area contributed by atoms with Gasteiger partial charge in [-0.05, 0) is 73.9 Å². The van der Waals surface area contributed by atoms with E-state index in [9.17, 15) is 4.79 Å². The molecular weight excluding hydrogens is 402 g/mol. The molecule has 1 atom stereocenters. The van der Waals surface area contributed by atoms with Crippen LogP contribution in [0, 0.1) is 6.92 Å². The van der Waals surface area contributed by atoms with E-state index in [2.05, 4.69) is 0 Å². The number of nitrogens with zero attached hydrogens (tertiary/aromatic N) is 1. The lowest BCUT2D eigenvalue weighted by molar-refractivity contribution is -0.118. The molecule has 0 saturated heterocycles. The summed E-state index contributed by atoms with van der Waals surface area (Å²) in [6, 6.07) is 19.7. The Kier molecular flexibility index (Phi) is 6.35. The first-order chi connectivity index (χ1) is 15.5. The number of fused-ring (bicyclic) bond motifs is 1. The summed E-state index contributed by atoms with van der Waals surface area (Å²) in [5.74, 6) is 2.21. The minimum atomic E-state index is -0.283. The summed E-state index contributed by atoms with van der Waals surface area (Å²) in [5, 5.41) is 0. The standard InChI is InChI=1S/C27H29NO4/c1-5-31-24-15-20-16-26(29)28(21-11-7-18(3)8-12-21)27(23(20)17-25(24)32-6-2)19-9-13-22(30-4)14-10-19/h7-15,17,27H,5-6,16H2,1-4H3. The maximum absolute atomic E-state index is 13.5. The fourth-order valence-electron chi connectivity index (χ4n) is 4.21. The molecule has 3 aromatic carbocycles. The molecule has 1 heterocycles. The fourth-order valence-corrected chi connectivity index (χ4v) is 4.21. The van der Waals surface area contributed by atoms with Crippen molar-refractivity contribution in [3.8, 4) is 17.2 Å². The van der Waals surface area contributed by atoms with E-state index in [1.165, 1.54) is 0 Å². The Bertz CT molecular complexity index is 1090.